The Balaban J connectivity index is 2.71. The van der Waals surface area contributed by atoms with Crippen LogP contribution in [0.3, 0.4) is 0 Å². The molecule has 20 heavy (non-hydrogen) atoms. The van der Waals surface area contributed by atoms with Gasteiger partial charge in [-0.3, -0.25) is 4.90 Å². The predicted molar refractivity (Wildman–Crippen MR) is 83.4 cm³/mol. The van der Waals surface area contributed by atoms with Crippen LogP contribution in [0.2, 0.25) is 0 Å². The standard InChI is InChI=1S/C17H25NO2/c1-5-11-18(12-6-2)13-7-8-15-9-10-16(19-3)17(14-15)20-4/h9-10,14H,5-6,11-13H2,1-4H3. The van der Waals surface area contributed by atoms with Crippen molar-refractivity contribution in [2.75, 3.05) is 33.9 Å². The minimum absolute atomic E-state index is 0.721. The van der Waals surface area contributed by atoms with E-state index in [0.29, 0.717) is 0 Å². The average molecular weight is 275 g/mol. The van der Waals surface area contributed by atoms with Gasteiger partial charge in [-0.25, -0.2) is 0 Å². The van der Waals surface area contributed by atoms with Crippen LogP contribution in [0.4, 0.5) is 0 Å². The zero-order valence-electron chi connectivity index (χ0n) is 13.0. The molecule has 0 atom stereocenters. The Morgan fingerprint density at radius 3 is 2.20 bits per heavy atom. The maximum absolute atomic E-state index is 5.28. The number of ether oxygens (including phenoxy) is 2. The van der Waals surface area contributed by atoms with E-state index in [0.717, 1.165) is 49.5 Å². The molecule has 110 valence electrons. The lowest BCUT2D eigenvalue weighted by Gasteiger charge is -2.17. The van der Waals surface area contributed by atoms with Crippen LogP contribution in [0.25, 0.3) is 0 Å². The van der Waals surface area contributed by atoms with Crippen LogP contribution in [-0.2, 0) is 0 Å². The molecule has 0 aliphatic carbocycles. The molecule has 1 rings (SSSR count). The van der Waals surface area contributed by atoms with E-state index in [1.54, 1.807) is 14.2 Å². The third-order valence-corrected chi connectivity index (χ3v) is 3.00. The van der Waals surface area contributed by atoms with E-state index in [9.17, 15) is 0 Å². The first kappa shape index (κ1) is 16.4. The summed E-state index contributed by atoms with van der Waals surface area (Å²) in [4.78, 5) is 2.38. The summed E-state index contributed by atoms with van der Waals surface area (Å²) in [5.74, 6) is 7.88. The van der Waals surface area contributed by atoms with Gasteiger partial charge in [0.15, 0.2) is 11.5 Å². The number of nitrogens with zero attached hydrogens (tertiary/aromatic N) is 1. The van der Waals surface area contributed by atoms with Crippen LogP contribution >= 0.6 is 0 Å². The van der Waals surface area contributed by atoms with E-state index in [4.69, 9.17) is 9.47 Å². The largest absolute Gasteiger partial charge is 0.493 e. The maximum atomic E-state index is 5.28. The van der Waals surface area contributed by atoms with E-state index >= 15 is 0 Å². The van der Waals surface area contributed by atoms with Crippen molar-refractivity contribution in [3.63, 3.8) is 0 Å². The Morgan fingerprint density at radius 1 is 1.00 bits per heavy atom. The lowest BCUT2D eigenvalue weighted by Crippen LogP contribution is -2.25. The van der Waals surface area contributed by atoms with Gasteiger partial charge >= 0.3 is 0 Å². The van der Waals surface area contributed by atoms with Crippen molar-refractivity contribution in [3.05, 3.63) is 23.8 Å². The maximum Gasteiger partial charge on any atom is 0.161 e. The Bertz CT molecular complexity index is 454. The van der Waals surface area contributed by atoms with Crippen molar-refractivity contribution in [2.24, 2.45) is 0 Å². The molecule has 0 unspecified atom stereocenters. The van der Waals surface area contributed by atoms with E-state index in [1.165, 1.54) is 0 Å². The van der Waals surface area contributed by atoms with E-state index in [1.807, 2.05) is 18.2 Å². The normalized spacial score (nSPS) is 10.1. The van der Waals surface area contributed by atoms with Crippen molar-refractivity contribution < 1.29 is 9.47 Å². The summed E-state index contributed by atoms with van der Waals surface area (Å²) in [5.41, 5.74) is 0.954. The van der Waals surface area contributed by atoms with Crippen LogP contribution in [-0.4, -0.2) is 38.8 Å². The first-order valence-corrected chi connectivity index (χ1v) is 7.18. The third-order valence-electron chi connectivity index (χ3n) is 3.00. The molecule has 0 fully saturated rings. The molecular formula is C17H25NO2. The van der Waals surface area contributed by atoms with Crippen molar-refractivity contribution in [3.8, 4) is 23.3 Å². The quantitative estimate of drug-likeness (QED) is 0.713. The highest BCUT2D eigenvalue weighted by Crippen LogP contribution is 2.27. The van der Waals surface area contributed by atoms with Crippen LogP contribution in [0.1, 0.15) is 32.3 Å². The summed E-state index contributed by atoms with van der Waals surface area (Å²) >= 11 is 0. The minimum atomic E-state index is 0.721. The van der Waals surface area contributed by atoms with Crippen molar-refractivity contribution in [1.82, 2.24) is 4.90 Å². The molecule has 0 amide bonds. The highest BCUT2D eigenvalue weighted by atomic mass is 16.5. The van der Waals surface area contributed by atoms with Gasteiger partial charge in [-0.15, -0.1) is 0 Å². The molecular weight excluding hydrogens is 250 g/mol. The van der Waals surface area contributed by atoms with Gasteiger partial charge in [0.2, 0.25) is 0 Å². The van der Waals surface area contributed by atoms with Crippen LogP contribution < -0.4 is 9.47 Å². The van der Waals surface area contributed by atoms with Crippen molar-refractivity contribution in [1.29, 1.82) is 0 Å². The van der Waals surface area contributed by atoms with Crippen LogP contribution in [0.15, 0.2) is 18.2 Å². The second-order valence-electron chi connectivity index (χ2n) is 4.65. The molecule has 0 N–H and O–H groups in total. The number of rotatable bonds is 7. The van der Waals surface area contributed by atoms with Gasteiger partial charge in [-0.2, -0.15) is 0 Å². The Morgan fingerprint density at radius 2 is 1.65 bits per heavy atom. The summed E-state index contributed by atoms with van der Waals surface area (Å²) in [5, 5.41) is 0. The molecule has 1 aromatic carbocycles. The Kier molecular flexibility index (Phi) is 7.60. The SMILES string of the molecule is CCCN(CC#Cc1ccc(OC)c(OC)c1)CCC. The summed E-state index contributed by atoms with van der Waals surface area (Å²) in [6, 6.07) is 5.76. The third kappa shape index (κ3) is 5.14. The summed E-state index contributed by atoms with van der Waals surface area (Å²) in [6.45, 7) is 7.42. The highest BCUT2D eigenvalue weighted by Gasteiger charge is 2.03. The first-order chi connectivity index (χ1) is 9.74. The molecule has 0 aliphatic rings. The van der Waals surface area contributed by atoms with Gasteiger partial charge < -0.3 is 9.47 Å². The van der Waals surface area contributed by atoms with E-state index in [2.05, 4.69) is 30.6 Å². The molecule has 0 bridgehead atoms. The molecule has 0 aromatic heterocycles. The van der Waals surface area contributed by atoms with Crippen LogP contribution in [0.5, 0.6) is 11.5 Å². The lowest BCUT2D eigenvalue weighted by atomic mass is 10.2. The second kappa shape index (κ2) is 9.28. The number of benzene rings is 1. The molecule has 0 radical (unpaired) electrons. The Labute approximate surface area is 122 Å². The van der Waals surface area contributed by atoms with Gasteiger partial charge in [0.1, 0.15) is 0 Å². The number of hydrogen-bond acceptors (Lipinski definition) is 3. The van der Waals surface area contributed by atoms with Gasteiger partial charge in [0.05, 0.1) is 20.8 Å². The zero-order chi connectivity index (χ0) is 14.8. The van der Waals surface area contributed by atoms with Gasteiger partial charge in [-0.05, 0) is 44.1 Å². The first-order valence-electron chi connectivity index (χ1n) is 7.18. The molecule has 1 aromatic rings. The fourth-order valence-electron chi connectivity index (χ4n) is 2.07. The molecule has 3 nitrogen and oxygen atoms in total. The topological polar surface area (TPSA) is 21.7 Å². The smallest absolute Gasteiger partial charge is 0.161 e. The summed E-state index contributed by atoms with van der Waals surface area (Å²) in [6.07, 6.45) is 2.33. The molecule has 0 spiro atoms. The van der Waals surface area contributed by atoms with Crippen molar-refractivity contribution in [2.45, 2.75) is 26.7 Å². The van der Waals surface area contributed by atoms with Gasteiger partial charge in [-0.1, -0.05) is 25.7 Å². The molecule has 0 aliphatic heterocycles. The molecule has 3 heteroatoms. The fraction of sp³-hybridized carbons (Fsp3) is 0.529. The second-order valence-corrected chi connectivity index (χ2v) is 4.65. The monoisotopic (exact) mass is 275 g/mol. The number of hydrogen-bond donors (Lipinski definition) is 0. The summed E-state index contributed by atoms with van der Waals surface area (Å²) in [7, 11) is 3.27. The van der Waals surface area contributed by atoms with E-state index in [-0.39, 0.29) is 0 Å². The predicted octanol–water partition coefficient (Wildman–Crippen LogP) is 3.18. The molecule has 0 saturated heterocycles. The van der Waals surface area contributed by atoms with Crippen molar-refractivity contribution >= 4 is 0 Å². The van der Waals surface area contributed by atoms with Gasteiger partial charge in [0, 0.05) is 5.56 Å². The Hall–Kier alpha value is -1.66. The zero-order valence-corrected chi connectivity index (χ0v) is 13.0. The summed E-state index contributed by atoms with van der Waals surface area (Å²) < 4.78 is 10.5. The van der Waals surface area contributed by atoms with Crippen LogP contribution in [0, 0.1) is 11.8 Å². The minimum Gasteiger partial charge on any atom is -0.493 e. The average Bonchev–Trinajstić information content (AvgIpc) is 2.47. The molecule has 0 heterocycles. The van der Waals surface area contributed by atoms with E-state index < -0.39 is 0 Å². The lowest BCUT2D eigenvalue weighted by molar-refractivity contribution is 0.308. The molecule has 0 saturated carbocycles. The fourth-order valence-corrected chi connectivity index (χ4v) is 2.07. The highest BCUT2D eigenvalue weighted by molar-refractivity contribution is 5.48. The van der Waals surface area contributed by atoms with Gasteiger partial charge in [0.25, 0.3) is 0 Å². The number of methoxy groups -OCH3 is 2.